The minimum absolute atomic E-state index is 0.137. The number of rotatable bonds is 5. The number of carbonyl (C=O) groups is 1. The number of benzene rings is 1. The van der Waals surface area contributed by atoms with Gasteiger partial charge in [0.1, 0.15) is 16.2 Å². The fourth-order valence-corrected chi connectivity index (χ4v) is 3.49. The molecule has 5 heteroatoms. The Labute approximate surface area is 133 Å². The van der Waals surface area contributed by atoms with Gasteiger partial charge in [-0.05, 0) is 36.4 Å². The summed E-state index contributed by atoms with van der Waals surface area (Å²) >= 11 is 1.26. The number of hydrogen-bond acceptors (Lipinski definition) is 4. The van der Waals surface area contributed by atoms with Crippen LogP contribution in [0.3, 0.4) is 0 Å². The fourth-order valence-electron chi connectivity index (χ4n) is 2.74. The molecule has 1 aromatic heterocycles. The molecule has 0 spiro atoms. The van der Waals surface area contributed by atoms with Crippen LogP contribution in [0.25, 0.3) is 0 Å². The van der Waals surface area contributed by atoms with Gasteiger partial charge in [-0.1, -0.05) is 18.2 Å². The number of fused-ring (bicyclic) bond motifs is 1. The predicted molar refractivity (Wildman–Crippen MR) is 86.7 cm³/mol. The molecule has 0 atom stereocenters. The summed E-state index contributed by atoms with van der Waals surface area (Å²) in [4.78, 5) is 11.2. The van der Waals surface area contributed by atoms with E-state index in [1.54, 1.807) is 6.07 Å². The lowest BCUT2D eigenvalue weighted by Crippen LogP contribution is -2.25. The standard InChI is InChI=1S/C17H19NO3S/c1-17(2)7-12-4-3-5-13(15(12)21-17)9-18-8-11-6-14(16(19)20)22-10-11/h3-6,10,18H,7-9H2,1-2H3,(H,19,20). The third-order valence-corrected chi connectivity index (χ3v) is 4.65. The molecule has 116 valence electrons. The highest BCUT2D eigenvalue weighted by Gasteiger charge is 2.31. The maximum absolute atomic E-state index is 10.9. The summed E-state index contributed by atoms with van der Waals surface area (Å²) in [6, 6.07) is 7.97. The summed E-state index contributed by atoms with van der Waals surface area (Å²) in [7, 11) is 0. The molecule has 4 nitrogen and oxygen atoms in total. The highest BCUT2D eigenvalue weighted by Crippen LogP contribution is 2.37. The van der Waals surface area contributed by atoms with Gasteiger partial charge in [-0.3, -0.25) is 0 Å². The fraction of sp³-hybridized carbons (Fsp3) is 0.353. The quantitative estimate of drug-likeness (QED) is 0.887. The van der Waals surface area contributed by atoms with E-state index in [0.717, 1.165) is 23.3 Å². The smallest absolute Gasteiger partial charge is 0.345 e. The molecule has 1 aliphatic heterocycles. The predicted octanol–water partition coefficient (Wildman–Crippen LogP) is 3.45. The molecule has 0 amide bonds. The van der Waals surface area contributed by atoms with Gasteiger partial charge in [0.15, 0.2) is 0 Å². The van der Waals surface area contributed by atoms with Crippen LogP contribution in [0.4, 0.5) is 0 Å². The number of carboxylic acids is 1. The van der Waals surface area contributed by atoms with Crippen molar-refractivity contribution < 1.29 is 14.6 Å². The van der Waals surface area contributed by atoms with Crippen LogP contribution in [0.5, 0.6) is 5.75 Å². The van der Waals surface area contributed by atoms with Crippen molar-refractivity contribution in [1.29, 1.82) is 0 Å². The van der Waals surface area contributed by atoms with Crippen LogP contribution >= 0.6 is 11.3 Å². The van der Waals surface area contributed by atoms with Gasteiger partial charge in [0.25, 0.3) is 0 Å². The number of carboxylic acid groups (broad SMARTS) is 1. The number of thiophene rings is 1. The number of nitrogens with one attached hydrogen (secondary N) is 1. The second kappa shape index (κ2) is 5.74. The first-order chi connectivity index (χ1) is 10.4. The van der Waals surface area contributed by atoms with E-state index in [1.807, 2.05) is 5.38 Å². The van der Waals surface area contributed by atoms with Crippen molar-refractivity contribution in [3.8, 4) is 5.75 Å². The van der Waals surface area contributed by atoms with E-state index in [9.17, 15) is 4.79 Å². The lowest BCUT2D eigenvalue weighted by atomic mass is 10.0. The number of ether oxygens (including phenoxy) is 1. The van der Waals surface area contributed by atoms with E-state index in [2.05, 4.69) is 37.4 Å². The normalized spacial score (nSPS) is 15.4. The molecule has 2 N–H and O–H groups in total. The Morgan fingerprint density at radius 2 is 2.23 bits per heavy atom. The highest BCUT2D eigenvalue weighted by atomic mass is 32.1. The third-order valence-electron chi connectivity index (χ3n) is 3.68. The molecule has 1 aromatic carbocycles. The Hall–Kier alpha value is -1.85. The molecule has 0 fully saturated rings. The highest BCUT2D eigenvalue weighted by molar-refractivity contribution is 7.12. The summed E-state index contributed by atoms with van der Waals surface area (Å²) in [5.74, 6) is 0.129. The van der Waals surface area contributed by atoms with E-state index in [-0.39, 0.29) is 5.60 Å². The van der Waals surface area contributed by atoms with Crippen LogP contribution in [-0.2, 0) is 19.5 Å². The summed E-state index contributed by atoms with van der Waals surface area (Å²) in [6.07, 6.45) is 0.933. The number of hydrogen-bond donors (Lipinski definition) is 2. The zero-order valence-corrected chi connectivity index (χ0v) is 13.5. The Morgan fingerprint density at radius 3 is 2.95 bits per heavy atom. The summed E-state index contributed by atoms with van der Waals surface area (Å²) in [6.45, 7) is 5.56. The second-order valence-electron chi connectivity index (χ2n) is 6.17. The first-order valence-electron chi connectivity index (χ1n) is 7.26. The summed E-state index contributed by atoms with van der Waals surface area (Å²) in [5.41, 5.74) is 3.27. The Kier molecular flexibility index (Phi) is 3.93. The molecule has 0 saturated carbocycles. The van der Waals surface area contributed by atoms with Crippen LogP contribution in [0, 0.1) is 0 Å². The van der Waals surface area contributed by atoms with Crippen LogP contribution < -0.4 is 10.1 Å². The zero-order chi connectivity index (χ0) is 15.7. The van der Waals surface area contributed by atoms with Crippen molar-refractivity contribution >= 4 is 17.3 Å². The average molecular weight is 317 g/mol. The van der Waals surface area contributed by atoms with Crippen molar-refractivity contribution in [2.24, 2.45) is 0 Å². The van der Waals surface area contributed by atoms with Crippen LogP contribution in [-0.4, -0.2) is 16.7 Å². The van der Waals surface area contributed by atoms with Crippen molar-refractivity contribution in [2.75, 3.05) is 0 Å². The van der Waals surface area contributed by atoms with Crippen LogP contribution in [0.1, 0.15) is 40.2 Å². The molecule has 2 aromatic rings. The zero-order valence-electron chi connectivity index (χ0n) is 12.7. The SMILES string of the molecule is CC1(C)Cc2cccc(CNCc3csc(C(=O)O)c3)c2O1. The van der Waals surface area contributed by atoms with Gasteiger partial charge in [0, 0.05) is 25.1 Å². The minimum Gasteiger partial charge on any atom is -0.487 e. The van der Waals surface area contributed by atoms with E-state index in [1.165, 1.54) is 16.9 Å². The third kappa shape index (κ3) is 3.15. The van der Waals surface area contributed by atoms with Crippen molar-refractivity contribution in [3.63, 3.8) is 0 Å². The topological polar surface area (TPSA) is 58.6 Å². The first kappa shape index (κ1) is 15.1. The van der Waals surface area contributed by atoms with E-state index >= 15 is 0 Å². The molecular weight excluding hydrogens is 298 g/mol. The summed E-state index contributed by atoms with van der Waals surface area (Å²) < 4.78 is 6.05. The largest absolute Gasteiger partial charge is 0.487 e. The van der Waals surface area contributed by atoms with Gasteiger partial charge in [0.05, 0.1) is 0 Å². The van der Waals surface area contributed by atoms with Gasteiger partial charge in [-0.15, -0.1) is 11.3 Å². The minimum atomic E-state index is -0.868. The molecule has 1 aliphatic rings. The molecule has 0 saturated heterocycles. The molecular formula is C17H19NO3S. The van der Waals surface area contributed by atoms with E-state index < -0.39 is 5.97 Å². The van der Waals surface area contributed by atoms with Crippen molar-refractivity contribution in [1.82, 2.24) is 5.32 Å². The monoisotopic (exact) mass is 317 g/mol. The molecule has 3 rings (SSSR count). The van der Waals surface area contributed by atoms with E-state index in [4.69, 9.17) is 9.84 Å². The molecule has 2 heterocycles. The average Bonchev–Trinajstić information content (AvgIpc) is 3.02. The van der Waals surface area contributed by atoms with Gasteiger partial charge >= 0.3 is 5.97 Å². The lowest BCUT2D eigenvalue weighted by Gasteiger charge is -2.18. The van der Waals surface area contributed by atoms with Gasteiger partial charge < -0.3 is 15.2 Å². The number of para-hydroxylation sites is 1. The summed E-state index contributed by atoms with van der Waals surface area (Å²) in [5, 5.41) is 14.2. The molecule has 0 radical (unpaired) electrons. The lowest BCUT2D eigenvalue weighted by molar-refractivity contribution is 0.0702. The van der Waals surface area contributed by atoms with Crippen LogP contribution in [0.15, 0.2) is 29.6 Å². The maximum Gasteiger partial charge on any atom is 0.345 e. The van der Waals surface area contributed by atoms with E-state index in [0.29, 0.717) is 18.0 Å². The van der Waals surface area contributed by atoms with Crippen molar-refractivity contribution in [2.45, 2.75) is 39.0 Å². The Morgan fingerprint density at radius 1 is 1.41 bits per heavy atom. The van der Waals surface area contributed by atoms with Gasteiger partial charge in [-0.25, -0.2) is 4.79 Å². The second-order valence-corrected chi connectivity index (χ2v) is 7.08. The molecule has 22 heavy (non-hydrogen) atoms. The van der Waals surface area contributed by atoms with Crippen molar-refractivity contribution in [3.05, 3.63) is 51.2 Å². The van der Waals surface area contributed by atoms with Gasteiger partial charge in [-0.2, -0.15) is 0 Å². The van der Waals surface area contributed by atoms with Crippen LogP contribution in [0.2, 0.25) is 0 Å². The first-order valence-corrected chi connectivity index (χ1v) is 8.14. The van der Waals surface area contributed by atoms with Gasteiger partial charge in [0.2, 0.25) is 0 Å². The Bertz CT molecular complexity index is 706. The molecule has 0 aliphatic carbocycles. The number of aromatic carboxylic acids is 1. The molecule has 0 unspecified atom stereocenters. The Balaban J connectivity index is 1.63. The molecule has 0 bridgehead atoms. The maximum atomic E-state index is 10.9.